The van der Waals surface area contributed by atoms with Crippen molar-refractivity contribution in [1.29, 1.82) is 0 Å². The van der Waals surface area contributed by atoms with Crippen molar-refractivity contribution in [2.45, 2.75) is 45.0 Å². The maximum Gasteiger partial charge on any atom is 0.159 e. The number of rotatable bonds is 7. The summed E-state index contributed by atoms with van der Waals surface area (Å²) in [6, 6.07) is 0. The van der Waals surface area contributed by atoms with Crippen molar-refractivity contribution in [3.63, 3.8) is 0 Å². The molecule has 5 heteroatoms. The van der Waals surface area contributed by atoms with E-state index >= 15 is 0 Å². The van der Waals surface area contributed by atoms with Crippen LogP contribution in [-0.4, -0.2) is 47.3 Å². The van der Waals surface area contributed by atoms with E-state index in [1.54, 1.807) is 7.11 Å². The first kappa shape index (κ1) is 17.5. The molecule has 1 rings (SSSR count). The summed E-state index contributed by atoms with van der Waals surface area (Å²) in [5, 5.41) is 4.45. The molecule has 1 atom stereocenters. The van der Waals surface area contributed by atoms with Crippen LogP contribution in [0.2, 0.25) is 0 Å². The number of alkyl halides is 1. The first-order chi connectivity index (χ1) is 9.25. The van der Waals surface area contributed by atoms with Crippen molar-refractivity contribution < 1.29 is 4.74 Å². The average Bonchev–Trinajstić information content (AvgIpc) is 2.74. The number of nitrogens with zero attached hydrogens (tertiary/aromatic N) is 3. The van der Waals surface area contributed by atoms with Crippen LogP contribution < -0.4 is 4.74 Å². The highest BCUT2D eigenvalue weighted by molar-refractivity contribution is 9.09. The molecule has 0 aromatic carbocycles. The Balaban J connectivity index is 2.73. The van der Waals surface area contributed by atoms with Gasteiger partial charge in [-0.2, -0.15) is 5.10 Å². The summed E-state index contributed by atoms with van der Waals surface area (Å²) in [5.41, 5.74) is 1.46. The molecule has 0 bridgehead atoms. The predicted molar refractivity (Wildman–Crippen MR) is 87.8 cm³/mol. The number of ether oxygens (including phenoxy) is 1. The maximum absolute atomic E-state index is 5.44. The fourth-order valence-electron chi connectivity index (χ4n) is 2.00. The lowest BCUT2D eigenvalue weighted by Gasteiger charge is -2.25. The average molecular weight is 346 g/mol. The van der Waals surface area contributed by atoms with E-state index in [-0.39, 0.29) is 5.41 Å². The normalized spacial score (nSPS) is 13.8. The van der Waals surface area contributed by atoms with Gasteiger partial charge in [-0.15, -0.1) is 0 Å². The molecule has 1 aromatic heterocycles. The molecule has 116 valence electrons. The molecule has 0 N–H and O–H groups in total. The molecule has 0 fully saturated rings. The van der Waals surface area contributed by atoms with E-state index in [4.69, 9.17) is 4.74 Å². The van der Waals surface area contributed by atoms with Gasteiger partial charge in [-0.3, -0.25) is 4.68 Å². The minimum Gasteiger partial charge on any atom is -0.493 e. The van der Waals surface area contributed by atoms with Gasteiger partial charge in [0.05, 0.1) is 25.5 Å². The Morgan fingerprint density at radius 2 is 2.05 bits per heavy atom. The summed E-state index contributed by atoms with van der Waals surface area (Å²) in [4.78, 5) is 2.65. The van der Waals surface area contributed by atoms with Crippen LogP contribution in [-0.2, 0) is 13.0 Å². The van der Waals surface area contributed by atoms with E-state index in [1.165, 1.54) is 5.69 Å². The highest BCUT2D eigenvalue weighted by Gasteiger charge is 2.23. The zero-order valence-corrected chi connectivity index (χ0v) is 15.2. The first-order valence-corrected chi connectivity index (χ1v) is 8.04. The van der Waals surface area contributed by atoms with Crippen LogP contribution in [0.25, 0.3) is 0 Å². The topological polar surface area (TPSA) is 30.3 Å². The van der Waals surface area contributed by atoms with E-state index < -0.39 is 0 Å². The minimum atomic E-state index is 0.266. The summed E-state index contributed by atoms with van der Waals surface area (Å²) in [5.74, 6) is 0.900. The fourth-order valence-corrected chi connectivity index (χ4v) is 2.23. The number of hydrogen-bond acceptors (Lipinski definition) is 3. The Morgan fingerprint density at radius 1 is 1.40 bits per heavy atom. The van der Waals surface area contributed by atoms with E-state index in [0.29, 0.717) is 4.83 Å². The monoisotopic (exact) mass is 345 g/mol. The zero-order valence-electron chi connectivity index (χ0n) is 13.6. The van der Waals surface area contributed by atoms with Gasteiger partial charge in [0.15, 0.2) is 5.75 Å². The van der Waals surface area contributed by atoms with Gasteiger partial charge in [0.25, 0.3) is 0 Å². The lowest BCUT2D eigenvalue weighted by Crippen LogP contribution is -2.23. The lowest BCUT2D eigenvalue weighted by molar-refractivity contribution is 0.357. The van der Waals surface area contributed by atoms with Gasteiger partial charge in [0, 0.05) is 11.4 Å². The van der Waals surface area contributed by atoms with Crippen LogP contribution in [0.5, 0.6) is 5.75 Å². The summed E-state index contributed by atoms with van der Waals surface area (Å²) in [6.07, 6.45) is 3.88. The molecule has 0 spiro atoms. The molecule has 0 saturated carbocycles. The van der Waals surface area contributed by atoms with Crippen molar-refractivity contribution in [2.75, 3.05) is 27.7 Å². The van der Waals surface area contributed by atoms with Gasteiger partial charge in [0.2, 0.25) is 0 Å². The highest BCUT2D eigenvalue weighted by atomic mass is 79.9. The van der Waals surface area contributed by atoms with Crippen molar-refractivity contribution in [1.82, 2.24) is 14.7 Å². The summed E-state index contributed by atoms with van der Waals surface area (Å²) in [6.45, 7) is 8.65. The number of halogens is 1. The Kier molecular flexibility index (Phi) is 6.52. The third-order valence-corrected chi connectivity index (χ3v) is 5.29. The zero-order chi connectivity index (χ0) is 15.3. The van der Waals surface area contributed by atoms with Crippen molar-refractivity contribution >= 4 is 15.9 Å². The minimum absolute atomic E-state index is 0.266. The van der Waals surface area contributed by atoms with Gasteiger partial charge in [-0.05, 0) is 32.4 Å². The molecular weight excluding hydrogens is 318 g/mol. The van der Waals surface area contributed by atoms with Crippen LogP contribution in [0.4, 0.5) is 0 Å². The molecule has 1 heterocycles. The first-order valence-electron chi connectivity index (χ1n) is 7.13. The molecule has 0 aliphatic heterocycles. The summed E-state index contributed by atoms with van der Waals surface area (Å²) >= 11 is 3.80. The fraction of sp³-hybridized carbons (Fsp3) is 0.800. The van der Waals surface area contributed by atoms with Crippen LogP contribution in [0.1, 0.15) is 32.9 Å². The van der Waals surface area contributed by atoms with E-state index in [0.717, 1.165) is 31.7 Å². The SMILES string of the molecule is COc1cnn(CCN(C)C)c1CCC(Br)C(C)(C)C. The number of methoxy groups -OCH3 is 1. The van der Waals surface area contributed by atoms with Crippen LogP contribution in [0.3, 0.4) is 0 Å². The Hall–Kier alpha value is -0.550. The number of aromatic nitrogens is 2. The maximum atomic E-state index is 5.44. The van der Waals surface area contributed by atoms with E-state index in [9.17, 15) is 0 Å². The van der Waals surface area contributed by atoms with E-state index in [2.05, 4.69) is 65.5 Å². The summed E-state index contributed by atoms with van der Waals surface area (Å²) < 4.78 is 7.51. The highest BCUT2D eigenvalue weighted by Crippen LogP contribution is 2.31. The van der Waals surface area contributed by atoms with Crippen LogP contribution in [0, 0.1) is 5.41 Å². The molecule has 20 heavy (non-hydrogen) atoms. The summed E-state index contributed by atoms with van der Waals surface area (Å²) in [7, 11) is 5.87. The largest absolute Gasteiger partial charge is 0.493 e. The predicted octanol–water partition coefficient (Wildman–Crippen LogP) is 3.20. The number of hydrogen-bond donors (Lipinski definition) is 0. The second-order valence-corrected chi connectivity index (χ2v) is 7.66. The van der Waals surface area contributed by atoms with Crippen molar-refractivity contribution in [2.24, 2.45) is 5.41 Å². The van der Waals surface area contributed by atoms with Gasteiger partial charge >= 0.3 is 0 Å². The molecule has 0 aliphatic carbocycles. The molecule has 0 radical (unpaired) electrons. The van der Waals surface area contributed by atoms with Gasteiger partial charge in [-0.1, -0.05) is 36.7 Å². The van der Waals surface area contributed by atoms with Crippen LogP contribution >= 0.6 is 15.9 Å². The molecule has 0 aliphatic rings. The molecule has 0 saturated heterocycles. The lowest BCUT2D eigenvalue weighted by atomic mass is 9.89. The Bertz CT molecular complexity index is 410. The number of likely N-dealkylation sites (N-methyl/N-ethyl adjacent to an activating group) is 1. The smallest absolute Gasteiger partial charge is 0.159 e. The van der Waals surface area contributed by atoms with Gasteiger partial charge in [0.1, 0.15) is 0 Å². The molecular formula is C15H28BrN3O. The molecule has 1 aromatic rings. The molecule has 4 nitrogen and oxygen atoms in total. The van der Waals surface area contributed by atoms with Crippen LogP contribution in [0.15, 0.2) is 6.20 Å². The Labute approximate surface area is 131 Å². The van der Waals surface area contributed by atoms with E-state index in [1.807, 2.05) is 6.20 Å². The second kappa shape index (κ2) is 7.46. The third kappa shape index (κ3) is 5.09. The van der Waals surface area contributed by atoms with Crippen molar-refractivity contribution in [3.05, 3.63) is 11.9 Å². The second-order valence-electron chi connectivity index (χ2n) is 6.56. The molecule has 1 unspecified atom stereocenters. The van der Waals surface area contributed by atoms with Gasteiger partial charge < -0.3 is 9.64 Å². The standard InChI is InChI=1S/C15H28BrN3O/c1-15(2,3)14(16)8-7-12-13(20-6)11-17-19(12)10-9-18(4)5/h11,14H,7-10H2,1-6H3. The third-order valence-electron chi connectivity index (χ3n) is 3.46. The quantitative estimate of drug-likeness (QED) is 0.711. The Morgan fingerprint density at radius 3 is 2.55 bits per heavy atom. The van der Waals surface area contributed by atoms with Gasteiger partial charge in [-0.25, -0.2) is 0 Å². The molecule has 0 amide bonds. The van der Waals surface area contributed by atoms with Crippen molar-refractivity contribution in [3.8, 4) is 5.75 Å².